The van der Waals surface area contributed by atoms with E-state index in [2.05, 4.69) is 5.32 Å². The second-order valence-corrected chi connectivity index (χ2v) is 6.62. The number of rotatable bonds is 7. The van der Waals surface area contributed by atoms with E-state index in [0.29, 0.717) is 6.42 Å². The molecule has 0 bridgehead atoms. The molecule has 2 unspecified atom stereocenters. The van der Waals surface area contributed by atoms with Crippen LogP contribution in [0.5, 0.6) is 0 Å². The van der Waals surface area contributed by atoms with Crippen molar-refractivity contribution in [2.75, 3.05) is 6.54 Å². The van der Waals surface area contributed by atoms with Crippen LogP contribution in [0.25, 0.3) is 0 Å². The maximum absolute atomic E-state index is 13.3. The average Bonchev–Trinajstić information content (AvgIpc) is 2.43. The molecule has 0 saturated heterocycles. The van der Waals surface area contributed by atoms with E-state index in [9.17, 15) is 18.0 Å². The van der Waals surface area contributed by atoms with E-state index in [1.54, 1.807) is 13.0 Å². The minimum absolute atomic E-state index is 0.0912. The van der Waals surface area contributed by atoms with E-state index >= 15 is 0 Å². The van der Waals surface area contributed by atoms with Gasteiger partial charge in [-0.2, -0.15) is 13.2 Å². The lowest BCUT2D eigenvalue weighted by molar-refractivity contribution is -0.157. The lowest BCUT2D eigenvalue weighted by Crippen LogP contribution is -2.52. The number of alkyl halides is 3. The molecule has 0 heterocycles. The number of carbonyl (C=O) groups is 1. The van der Waals surface area contributed by atoms with Crippen LogP contribution >= 0.6 is 0 Å². The molecule has 0 aliphatic carbocycles. The van der Waals surface area contributed by atoms with Crippen LogP contribution in [-0.4, -0.2) is 24.2 Å². The highest BCUT2D eigenvalue weighted by Crippen LogP contribution is 2.37. The van der Waals surface area contributed by atoms with Gasteiger partial charge in [-0.05, 0) is 24.8 Å². The Morgan fingerprint density at radius 3 is 2.22 bits per heavy atom. The molecule has 1 aromatic rings. The van der Waals surface area contributed by atoms with Gasteiger partial charge in [0.2, 0.25) is 5.91 Å². The fraction of sp³-hybridized carbons (Fsp3) is 0.588. The zero-order chi connectivity index (χ0) is 17.7. The Hall–Kier alpha value is -1.56. The van der Waals surface area contributed by atoms with Crippen LogP contribution in [-0.2, 0) is 4.79 Å². The summed E-state index contributed by atoms with van der Waals surface area (Å²) in [4.78, 5) is 12.2. The van der Waals surface area contributed by atoms with Crippen LogP contribution < -0.4 is 11.1 Å². The van der Waals surface area contributed by atoms with Gasteiger partial charge in [-0.25, -0.2) is 0 Å². The Labute approximate surface area is 135 Å². The van der Waals surface area contributed by atoms with Gasteiger partial charge in [0, 0.05) is 18.5 Å². The van der Waals surface area contributed by atoms with Crippen molar-refractivity contribution in [3.05, 3.63) is 35.9 Å². The number of nitrogens with two attached hydrogens (primary N) is 1. The van der Waals surface area contributed by atoms with Crippen molar-refractivity contribution in [2.24, 2.45) is 11.7 Å². The van der Waals surface area contributed by atoms with Crippen LogP contribution in [0, 0.1) is 5.92 Å². The average molecular weight is 330 g/mol. The smallest absolute Gasteiger partial charge is 0.350 e. The Morgan fingerprint density at radius 2 is 1.78 bits per heavy atom. The number of nitrogens with one attached hydrogen (secondary N) is 1. The second-order valence-electron chi connectivity index (χ2n) is 6.62. The summed E-state index contributed by atoms with van der Waals surface area (Å²) in [5.41, 5.74) is 5.09. The van der Waals surface area contributed by atoms with Gasteiger partial charge >= 0.3 is 6.18 Å². The van der Waals surface area contributed by atoms with Gasteiger partial charge in [0.25, 0.3) is 0 Å². The highest BCUT2D eigenvalue weighted by atomic mass is 19.4. The summed E-state index contributed by atoms with van der Waals surface area (Å²) in [6.07, 6.45) is -4.51. The molecule has 1 aromatic carbocycles. The molecule has 0 aliphatic rings. The van der Waals surface area contributed by atoms with Crippen molar-refractivity contribution in [2.45, 2.75) is 51.2 Å². The lowest BCUT2D eigenvalue weighted by atomic mass is 9.89. The van der Waals surface area contributed by atoms with Gasteiger partial charge in [0.15, 0.2) is 0 Å². The Balaban J connectivity index is 2.86. The molecule has 23 heavy (non-hydrogen) atoms. The van der Waals surface area contributed by atoms with Gasteiger partial charge in [-0.15, -0.1) is 0 Å². The van der Waals surface area contributed by atoms with E-state index in [4.69, 9.17) is 5.73 Å². The number of amides is 1. The number of carbonyl (C=O) groups excluding carboxylic acids is 1. The first-order chi connectivity index (χ1) is 10.6. The SMILES string of the molecule is CC(C)CC(C)(CN)NC(=O)CC(c1ccccc1)C(F)(F)F. The van der Waals surface area contributed by atoms with Gasteiger partial charge in [0.1, 0.15) is 0 Å². The molecule has 0 aromatic heterocycles. The summed E-state index contributed by atoms with van der Waals surface area (Å²) in [7, 11) is 0. The molecule has 2 atom stereocenters. The number of halogens is 3. The molecular weight excluding hydrogens is 305 g/mol. The standard InChI is InChI=1S/C17H25F3N2O/c1-12(2)10-16(3,11-21)22-15(23)9-14(17(18,19)20)13-7-5-4-6-8-13/h4-8,12,14H,9-11,21H2,1-3H3,(H,22,23). The van der Waals surface area contributed by atoms with E-state index in [0.717, 1.165) is 0 Å². The predicted octanol–water partition coefficient (Wildman–Crippen LogP) is 3.60. The maximum atomic E-state index is 13.3. The Bertz CT molecular complexity index is 502. The van der Waals surface area contributed by atoms with Crippen molar-refractivity contribution in [1.82, 2.24) is 5.32 Å². The molecule has 3 N–H and O–H groups in total. The minimum Gasteiger partial charge on any atom is -0.350 e. The summed E-state index contributed by atoms with van der Waals surface area (Å²) in [6.45, 7) is 5.89. The van der Waals surface area contributed by atoms with Gasteiger partial charge in [0.05, 0.1) is 5.92 Å². The zero-order valence-electron chi connectivity index (χ0n) is 13.8. The summed E-state index contributed by atoms with van der Waals surface area (Å²) in [5.74, 6) is -2.18. The molecule has 0 spiro atoms. The van der Waals surface area contributed by atoms with Crippen molar-refractivity contribution in [3.8, 4) is 0 Å². The predicted molar refractivity (Wildman–Crippen MR) is 84.9 cm³/mol. The lowest BCUT2D eigenvalue weighted by Gasteiger charge is -2.32. The van der Waals surface area contributed by atoms with Crippen LogP contribution in [0.4, 0.5) is 13.2 Å². The first kappa shape index (κ1) is 19.5. The molecule has 1 rings (SSSR count). The monoisotopic (exact) mass is 330 g/mol. The normalized spacial score (nSPS) is 16.0. The Kier molecular flexibility index (Phi) is 6.62. The number of hydrogen-bond donors (Lipinski definition) is 2. The number of hydrogen-bond acceptors (Lipinski definition) is 2. The van der Waals surface area contributed by atoms with Gasteiger partial charge in [-0.3, -0.25) is 4.79 Å². The first-order valence-corrected chi connectivity index (χ1v) is 7.70. The van der Waals surface area contributed by atoms with Crippen LogP contribution in [0.3, 0.4) is 0 Å². The molecule has 0 fully saturated rings. The maximum Gasteiger partial charge on any atom is 0.396 e. The zero-order valence-corrected chi connectivity index (χ0v) is 13.8. The fourth-order valence-electron chi connectivity index (χ4n) is 2.77. The van der Waals surface area contributed by atoms with Crippen molar-refractivity contribution < 1.29 is 18.0 Å². The Morgan fingerprint density at radius 1 is 1.22 bits per heavy atom. The largest absolute Gasteiger partial charge is 0.396 e. The van der Waals surface area contributed by atoms with Crippen LogP contribution in [0.1, 0.15) is 45.1 Å². The van der Waals surface area contributed by atoms with Gasteiger partial charge < -0.3 is 11.1 Å². The molecule has 130 valence electrons. The third-order valence-corrected chi connectivity index (χ3v) is 3.74. The topological polar surface area (TPSA) is 55.1 Å². The van der Waals surface area contributed by atoms with Gasteiger partial charge in [-0.1, -0.05) is 44.2 Å². The summed E-state index contributed by atoms with van der Waals surface area (Å²) >= 11 is 0. The van der Waals surface area contributed by atoms with E-state index in [-0.39, 0.29) is 18.0 Å². The molecular formula is C17H25F3N2O. The quantitative estimate of drug-likeness (QED) is 0.802. The third-order valence-electron chi connectivity index (χ3n) is 3.74. The van der Waals surface area contributed by atoms with Crippen LogP contribution in [0.2, 0.25) is 0 Å². The fourth-order valence-corrected chi connectivity index (χ4v) is 2.77. The molecule has 3 nitrogen and oxygen atoms in total. The summed E-state index contributed by atoms with van der Waals surface area (Å²) in [6, 6.07) is 7.50. The molecule has 1 amide bonds. The summed E-state index contributed by atoms with van der Waals surface area (Å²) in [5, 5.41) is 2.68. The molecule has 0 saturated carbocycles. The molecule has 0 aliphatic heterocycles. The van der Waals surface area contributed by atoms with E-state index < -0.39 is 30.0 Å². The molecule has 0 radical (unpaired) electrons. The van der Waals surface area contributed by atoms with Crippen LogP contribution in [0.15, 0.2) is 30.3 Å². The highest BCUT2D eigenvalue weighted by molar-refractivity contribution is 5.78. The number of benzene rings is 1. The highest BCUT2D eigenvalue weighted by Gasteiger charge is 2.42. The van der Waals surface area contributed by atoms with Crippen molar-refractivity contribution in [1.29, 1.82) is 0 Å². The van der Waals surface area contributed by atoms with Crippen molar-refractivity contribution in [3.63, 3.8) is 0 Å². The third kappa shape index (κ3) is 6.22. The first-order valence-electron chi connectivity index (χ1n) is 7.70. The molecule has 6 heteroatoms. The summed E-state index contributed by atoms with van der Waals surface area (Å²) < 4.78 is 39.9. The second kappa shape index (κ2) is 7.81. The van der Waals surface area contributed by atoms with E-state index in [1.807, 2.05) is 13.8 Å². The van der Waals surface area contributed by atoms with Crippen molar-refractivity contribution >= 4 is 5.91 Å². The van der Waals surface area contributed by atoms with E-state index in [1.165, 1.54) is 24.3 Å². The minimum atomic E-state index is -4.48.